The molecule has 0 unspecified atom stereocenters. The SMILES string of the molecule is CC(=O)O/N=C(\C)C(=O)c1ccc(N(c2ccc(C(=O)/C(C)=N/OC(C)=O)cc2)c2cccc3ccccc23)cc1. The molecule has 0 heterocycles. The first-order valence-corrected chi connectivity index (χ1v) is 12.7. The smallest absolute Gasteiger partial charge is 0.318 e. The van der Waals surface area contributed by atoms with E-state index in [-0.39, 0.29) is 23.0 Å². The second kappa shape index (κ2) is 12.6. The Bertz CT molecular complexity index is 1600. The van der Waals surface area contributed by atoms with Gasteiger partial charge in [-0.1, -0.05) is 46.7 Å². The molecule has 4 aromatic rings. The molecule has 0 atom stereocenters. The average molecular weight is 550 g/mol. The largest absolute Gasteiger partial charge is 0.331 e. The van der Waals surface area contributed by atoms with E-state index in [1.807, 2.05) is 71.6 Å². The average Bonchev–Trinajstić information content (AvgIpc) is 2.98. The van der Waals surface area contributed by atoms with Crippen molar-refractivity contribution in [1.29, 1.82) is 0 Å². The van der Waals surface area contributed by atoms with Gasteiger partial charge >= 0.3 is 11.9 Å². The number of rotatable bonds is 9. The molecular formula is C32H27N3O6. The Morgan fingerprint density at radius 3 is 1.46 bits per heavy atom. The number of anilines is 3. The molecule has 4 aromatic carbocycles. The van der Waals surface area contributed by atoms with E-state index in [1.54, 1.807) is 24.3 Å². The zero-order valence-electron chi connectivity index (χ0n) is 23.0. The van der Waals surface area contributed by atoms with Crippen LogP contribution in [0, 0.1) is 0 Å². The van der Waals surface area contributed by atoms with Crippen LogP contribution in [0.3, 0.4) is 0 Å². The van der Waals surface area contributed by atoms with Crippen LogP contribution in [-0.2, 0) is 19.3 Å². The molecule has 206 valence electrons. The van der Waals surface area contributed by atoms with Gasteiger partial charge in [0.05, 0.1) is 5.69 Å². The molecular weight excluding hydrogens is 522 g/mol. The monoisotopic (exact) mass is 549 g/mol. The Morgan fingerprint density at radius 1 is 0.561 bits per heavy atom. The van der Waals surface area contributed by atoms with Crippen LogP contribution in [0.1, 0.15) is 48.4 Å². The quantitative estimate of drug-likeness (QED) is 0.101. The molecule has 0 N–H and O–H groups in total. The Morgan fingerprint density at radius 2 is 1.00 bits per heavy atom. The Labute approximate surface area is 236 Å². The Hall–Kier alpha value is -5.44. The van der Waals surface area contributed by atoms with E-state index >= 15 is 0 Å². The van der Waals surface area contributed by atoms with E-state index in [2.05, 4.69) is 20.0 Å². The van der Waals surface area contributed by atoms with Gasteiger partial charge in [-0.05, 0) is 73.8 Å². The van der Waals surface area contributed by atoms with Gasteiger partial charge < -0.3 is 14.6 Å². The number of nitrogens with zero attached hydrogens (tertiary/aromatic N) is 3. The summed E-state index contributed by atoms with van der Waals surface area (Å²) in [6.45, 7) is 5.36. The topological polar surface area (TPSA) is 115 Å². The van der Waals surface area contributed by atoms with Crippen molar-refractivity contribution in [3.8, 4) is 0 Å². The minimum absolute atomic E-state index is 0.0478. The Kier molecular flexibility index (Phi) is 8.79. The Balaban J connectivity index is 1.74. The summed E-state index contributed by atoms with van der Waals surface area (Å²) in [7, 11) is 0. The van der Waals surface area contributed by atoms with Crippen molar-refractivity contribution in [2.24, 2.45) is 10.3 Å². The lowest BCUT2D eigenvalue weighted by molar-refractivity contribution is -0.141. The molecule has 9 nitrogen and oxygen atoms in total. The third-order valence-corrected chi connectivity index (χ3v) is 6.06. The predicted molar refractivity (Wildman–Crippen MR) is 157 cm³/mol. The van der Waals surface area contributed by atoms with E-state index < -0.39 is 11.9 Å². The van der Waals surface area contributed by atoms with Crippen LogP contribution in [-0.4, -0.2) is 34.9 Å². The summed E-state index contributed by atoms with van der Waals surface area (Å²) in [6.07, 6.45) is 0. The van der Waals surface area contributed by atoms with Crippen molar-refractivity contribution >= 4 is 62.8 Å². The summed E-state index contributed by atoms with van der Waals surface area (Å²) in [5.41, 5.74) is 3.27. The summed E-state index contributed by atoms with van der Waals surface area (Å²) in [4.78, 5) is 58.9. The highest BCUT2D eigenvalue weighted by Gasteiger charge is 2.18. The fraction of sp³-hybridized carbons (Fsp3) is 0.125. The van der Waals surface area contributed by atoms with E-state index in [4.69, 9.17) is 0 Å². The molecule has 0 saturated carbocycles. The molecule has 0 bridgehead atoms. The van der Waals surface area contributed by atoms with E-state index in [0.717, 1.165) is 27.8 Å². The predicted octanol–water partition coefficient (Wildman–Crippen LogP) is 6.55. The minimum atomic E-state index is -0.613. The van der Waals surface area contributed by atoms with Crippen molar-refractivity contribution in [1.82, 2.24) is 0 Å². The fourth-order valence-electron chi connectivity index (χ4n) is 4.12. The normalized spacial score (nSPS) is 11.6. The standard InChI is InChI=1S/C32H27N3O6/c1-20(33-40-22(3)36)31(38)25-12-16-27(17-13-25)35(30-11-7-9-24-8-5-6-10-29(24)30)28-18-14-26(15-19-28)32(39)21(2)34-41-23(4)37/h5-19H,1-4H3/b33-20+,34-21+. The second-order valence-corrected chi connectivity index (χ2v) is 9.10. The van der Waals surface area contributed by atoms with Gasteiger partial charge in [0.2, 0.25) is 11.6 Å². The maximum Gasteiger partial charge on any atom is 0.331 e. The summed E-state index contributed by atoms with van der Waals surface area (Å²) in [6, 6.07) is 27.9. The van der Waals surface area contributed by atoms with Crippen LogP contribution in [0.5, 0.6) is 0 Å². The van der Waals surface area contributed by atoms with Crippen molar-refractivity contribution in [2.75, 3.05) is 4.90 Å². The molecule has 0 aliphatic heterocycles. The molecule has 41 heavy (non-hydrogen) atoms. The molecule has 0 saturated heterocycles. The van der Waals surface area contributed by atoms with Crippen molar-refractivity contribution < 1.29 is 28.9 Å². The van der Waals surface area contributed by atoms with Crippen molar-refractivity contribution in [3.63, 3.8) is 0 Å². The van der Waals surface area contributed by atoms with E-state index in [9.17, 15) is 19.2 Å². The number of oxime groups is 2. The van der Waals surface area contributed by atoms with Crippen LogP contribution in [0.15, 0.2) is 101 Å². The molecule has 9 heteroatoms. The van der Waals surface area contributed by atoms with Crippen LogP contribution in [0.25, 0.3) is 10.8 Å². The molecule has 0 aromatic heterocycles. The van der Waals surface area contributed by atoms with Gasteiger partial charge in [0.15, 0.2) is 0 Å². The molecule has 0 aliphatic carbocycles. The number of Topliss-reactive ketones (excluding diaryl/α,β-unsaturated/α-hetero) is 2. The maximum absolute atomic E-state index is 12.8. The van der Waals surface area contributed by atoms with Crippen molar-refractivity contribution in [3.05, 3.63) is 102 Å². The lowest BCUT2D eigenvalue weighted by Crippen LogP contribution is -2.14. The van der Waals surface area contributed by atoms with E-state index in [0.29, 0.717) is 11.1 Å². The van der Waals surface area contributed by atoms with Gasteiger partial charge in [-0.15, -0.1) is 0 Å². The molecule has 0 amide bonds. The molecule has 4 rings (SSSR count). The van der Waals surface area contributed by atoms with E-state index in [1.165, 1.54) is 27.7 Å². The number of hydrogen-bond donors (Lipinski definition) is 0. The highest BCUT2D eigenvalue weighted by molar-refractivity contribution is 6.45. The van der Waals surface area contributed by atoms with Crippen LogP contribution < -0.4 is 4.90 Å². The van der Waals surface area contributed by atoms with Crippen molar-refractivity contribution in [2.45, 2.75) is 27.7 Å². The first kappa shape index (κ1) is 28.6. The van der Waals surface area contributed by atoms with Crippen LogP contribution in [0.4, 0.5) is 17.1 Å². The molecule has 0 spiro atoms. The van der Waals surface area contributed by atoms with Gasteiger partial charge in [-0.2, -0.15) is 0 Å². The lowest BCUT2D eigenvalue weighted by atomic mass is 10.0. The summed E-state index contributed by atoms with van der Waals surface area (Å²) in [5.74, 6) is -1.97. The zero-order valence-corrected chi connectivity index (χ0v) is 23.0. The third-order valence-electron chi connectivity index (χ3n) is 6.06. The number of ketones is 2. The summed E-state index contributed by atoms with van der Waals surface area (Å²) >= 11 is 0. The van der Waals surface area contributed by atoms with Crippen LogP contribution in [0.2, 0.25) is 0 Å². The molecule has 0 radical (unpaired) electrons. The third kappa shape index (κ3) is 6.77. The first-order chi connectivity index (χ1) is 19.7. The fourth-order valence-corrected chi connectivity index (χ4v) is 4.12. The molecule has 0 aliphatic rings. The van der Waals surface area contributed by atoms with Gasteiger partial charge in [0.1, 0.15) is 11.4 Å². The van der Waals surface area contributed by atoms with Gasteiger partial charge in [0.25, 0.3) is 0 Å². The number of hydrogen-bond acceptors (Lipinski definition) is 9. The summed E-state index contributed by atoms with van der Waals surface area (Å²) in [5, 5.41) is 9.23. The summed E-state index contributed by atoms with van der Waals surface area (Å²) < 4.78 is 0. The highest BCUT2D eigenvalue weighted by Crippen LogP contribution is 2.39. The van der Waals surface area contributed by atoms with Gasteiger partial charge in [-0.25, -0.2) is 9.59 Å². The number of fused-ring (bicyclic) bond motifs is 1. The number of carbonyl (C=O) groups excluding carboxylic acids is 4. The lowest BCUT2D eigenvalue weighted by Gasteiger charge is -2.27. The zero-order chi connectivity index (χ0) is 29.5. The number of benzene rings is 4. The van der Waals surface area contributed by atoms with Crippen LogP contribution >= 0.6 is 0 Å². The minimum Gasteiger partial charge on any atom is -0.318 e. The number of carbonyl (C=O) groups is 4. The van der Waals surface area contributed by atoms with Gasteiger partial charge in [-0.3, -0.25) is 9.59 Å². The van der Waals surface area contributed by atoms with Gasteiger partial charge in [0, 0.05) is 41.7 Å². The molecule has 0 fully saturated rings. The first-order valence-electron chi connectivity index (χ1n) is 12.7. The highest BCUT2D eigenvalue weighted by atomic mass is 16.7. The maximum atomic E-state index is 12.8. The second-order valence-electron chi connectivity index (χ2n) is 9.10.